The van der Waals surface area contributed by atoms with Gasteiger partial charge in [-0.1, -0.05) is 12.1 Å². The van der Waals surface area contributed by atoms with Gasteiger partial charge < -0.3 is 9.80 Å². The Bertz CT molecular complexity index is 1210. The molecule has 0 unspecified atom stereocenters. The second-order valence-electron chi connectivity index (χ2n) is 8.24. The average molecular weight is 406 g/mol. The van der Waals surface area contributed by atoms with Gasteiger partial charge in [0.1, 0.15) is 17.1 Å². The van der Waals surface area contributed by atoms with Crippen LogP contribution in [0.1, 0.15) is 34.4 Å². The van der Waals surface area contributed by atoms with Crippen LogP contribution in [0.25, 0.3) is 11.0 Å². The number of likely N-dealkylation sites (tertiary alicyclic amines) is 1. The van der Waals surface area contributed by atoms with E-state index in [2.05, 4.69) is 15.4 Å². The van der Waals surface area contributed by atoms with Gasteiger partial charge in [0.25, 0.3) is 11.5 Å². The quantitative estimate of drug-likeness (QED) is 0.684. The lowest BCUT2D eigenvalue weighted by molar-refractivity contribution is -0.135. The number of amides is 2. The van der Waals surface area contributed by atoms with Gasteiger partial charge >= 0.3 is 0 Å². The first kappa shape index (κ1) is 18.5. The fourth-order valence-corrected chi connectivity index (χ4v) is 4.89. The molecular formula is C21H22N6O3. The Morgan fingerprint density at radius 1 is 1.10 bits per heavy atom. The van der Waals surface area contributed by atoms with E-state index in [1.165, 1.54) is 11.0 Å². The zero-order valence-corrected chi connectivity index (χ0v) is 16.8. The molecular weight excluding hydrogens is 384 g/mol. The maximum atomic E-state index is 13.4. The van der Waals surface area contributed by atoms with Crippen molar-refractivity contribution in [2.75, 3.05) is 27.2 Å². The van der Waals surface area contributed by atoms with Gasteiger partial charge in [0.05, 0.1) is 5.56 Å². The monoisotopic (exact) mass is 406 g/mol. The highest BCUT2D eigenvalue weighted by Gasteiger charge is 2.45. The number of nitrogens with one attached hydrogen (secondary N) is 1. The smallest absolute Gasteiger partial charge is 0.256 e. The molecule has 2 aliphatic heterocycles. The minimum Gasteiger partial charge on any atom is -0.347 e. The summed E-state index contributed by atoms with van der Waals surface area (Å²) in [5.41, 5.74) is 2.30. The maximum Gasteiger partial charge on any atom is 0.256 e. The minimum atomic E-state index is -0.613. The number of likely N-dealkylation sites (N-methyl/N-ethyl adjacent to an activating group) is 1. The number of piperidine rings is 1. The van der Waals surface area contributed by atoms with Crippen molar-refractivity contribution < 1.29 is 9.59 Å². The summed E-state index contributed by atoms with van der Waals surface area (Å²) < 4.78 is 1.64. The zero-order valence-electron chi connectivity index (χ0n) is 16.8. The lowest BCUT2D eigenvalue weighted by Crippen LogP contribution is -2.54. The van der Waals surface area contributed by atoms with Crippen LogP contribution in [-0.4, -0.2) is 68.8 Å². The summed E-state index contributed by atoms with van der Waals surface area (Å²) in [6.07, 6.45) is 0.769. The van der Waals surface area contributed by atoms with Crippen LogP contribution in [-0.2, 0) is 4.79 Å². The molecule has 9 heteroatoms. The number of nitrogens with zero attached hydrogens (tertiary/aromatic N) is 5. The molecule has 1 fully saturated rings. The number of para-hydroxylation sites is 1. The van der Waals surface area contributed by atoms with Gasteiger partial charge in [0.15, 0.2) is 0 Å². The van der Waals surface area contributed by atoms with Crippen LogP contribution in [0.2, 0.25) is 0 Å². The number of H-pyrrole nitrogens is 1. The Morgan fingerprint density at radius 3 is 2.70 bits per heavy atom. The Balaban J connectivity index is 1.56. The van der Waals surface area contributed by atoms with Gasteiger partial charge in [0, 0.05) is 50.8 Å². The lowest BCUT2D eigenvalue weighted by atomic mass is 9.77. The van der Waals surface area contributed by atoms with Crippen LogP contribution in [0.3, 0.4) is 0 Å². The predicted molar refractivity (Wildman–Crippen MR) is 109 cm³/mol. The largest absolute Gasteiger partial charge is 0.347 e. The third-order valence-electron chi connectivity index (χ3n) is 6.21. The van der Waals surface area contributed by atoms with E-state index in [0.29, 0.717) is 29.7 Å². The first-order valence-electron chi connectivity index (χ1n) is 9.97. The SMILES string of the molecule is CN(C)C(=O)[C@H]1[C@H]2C[C@H](CN(C(=O)c3cccc4n[nH]nc34)C2)c2cccc(=O)n21. The molecule has 0 aliphatic carbocycles. The van der Waals surface area contributed by atoms with Gasteiger partial charge in [0.2, 0.25) is 5.91 Å². The van der Waals surface area contributed by atoms with E-state index in [-0.39, 0.29) is 29.2 Å². The van der Waals surface area contributed by atoms with Crippen LogP contribution in [0.15, 0.2) is 41.2 Å². The number of fused-ring (bicyclic) bond motifs is 5. The number of pyridine rings is 1. The van der Waals surface area contributed by atoms with Gasteiger partial charge in [-0.15, -0.1) is 0 Å². The van der Waals surface area contributed by atoms with Crippen molar-refractivity contribution in [3.8, 4) is 0 Å². The summed E-state index contributed by atoms with van der Waals surface area (Å²) in [5.74, 6) is -0.385. The van der Waals surface area contributed by atoms with E-state index >= 15 is 0 Å². The van der Waals surface area contributed by atoms with E-state index in [9.17, 15) is 14.4 Å². The average Bonchev–Trinajstić information content (AvgIpc) is 3.22. The summed E-state index contributed by atoms with van der Waals surface area (Å²) in [4.78, 5) is 42.4. The van der Waals surface area contributed by atoms with E-state index in [1.807, 2.05) is 6.07 Å². The van der Waals surface area contributed by atoms with Crippen LogP contribution < -0.4 is 5.56 Å². The molecule has 1 saturated heterocycles. The van der Waals surface area contributed by atoms with Gasteiger partial charge in [-0.05, 0) is 24.6 Å². The van der Waals surface area contributed by atoms with Crippen molar-refractivity contribution in [1.29, 1.82) is 0 Å². The number of hydrogen-bond donors (Lipinski definition) is 1. The Labute approximate surface area is 172 Å². The fraction of sp³-hybridized carbons (Fsp3) is 0.381. The third-order valence-corrected chi connectivity index (χ3v) is 6.21. The summed E-state index contributed by atoms with van der Waals surface area (Å²) in [6, 6.07) is 9.84. The second-order valence-corrected chi connectivity index (χ2v) is 8.24. The molecule has 2 aliphatic rings. The van der Waals surface area contributed by atoms with Crippen molar-refractivity contribution in [2.45, 2.75) is 18.4 Å². The van der Waals surface area contributed by atoms with E-state index in [4.69, 9.17) is 0 Å². The summed E-state index contributed by atoms with van der Waals surface area (Å²) in [7, 11) is 3.39. The van der Waals surface area contributed by atoms with Crippen LogP contribution in [0.4, 0.5) is 0 Å². The number of carbonyl (C=O) groups excluding carboxylic acids is 2. The lowest BCUT2D eigenvalue weighted by Gasteiger charge is -2.46. The molecule has 30 heavy (non-hydrogen) atoms. The minimum absolute atomic E-state index is 0.00400. The molecule has 5 rings (SSSR count). The molecule has 1 N–H and O–H groups in total. The molecule has 4 heterocycles. The number of benzene rings is 1. The highest BCUT2D eigenvalue weighted by molar-refractivity contribution is 6.04. The molecule has 2 bridgehead atoms. The molecule has 0 saturated carbocycles. The van der Waals surface area contributed by atoms with Crippen LogP contribution in [0.5, 0.6) is 0 Å². The predicted octanol–water partition coefficient (Wildman–Crippen LogP) is 1.01. The maximum absolute atomic E-state index is 13.4. The van der Waals surface area contributed by atoms with E-state index in [0.717, 1.165) is 12.1 Å². The Morgan fingerprint density at radius 2 is 1.90 bits per heavy atom. The molecule has 0 radical (unpaired) electrons. The third kappa shape index (κ3) is 2.72. The topological polar surface area (TPSA) is 104 Å². The standard InChI is InChI=1S/C21H22N6O3/c1-25(2)21(30)19-13-9-12(16-7-4-8-17(28)27(16)19)10-26(11-13)20(29)14-5-3-6-15-18(14)23-24-22-15/h3-8,12-13,19H,9-11H2,1-2H3,(H,22,23,24)/t12-,13+,19-/m1/s1. The fourth-order valence-electron chi connectivity index (χ4n) is 4.89. The first-order chi connectivity index (χ1) is 14.5. The van der Waals surface area contributed by atoms with Gasteiger partial charge in [-0.3, -0.25) is 19.0 Å². The number of carbonyl (C=O) groups is 2. The molecule has 3 atom stereocenters. The highest BCUT2D eigenvalue weighted by Crippen LogP contribution is 2.42. The summed E-state index contributed by atoms with van der Waals surface area (Å²) in [6.45, 7) is 0.907. The zero-order chi connectivity index (χ0) is 21.0. The highest BCUT2D eigenvalue weighted by atomic mass is 16.2. The number of aromatic nitrogens is 4. The summed E-state index contributed by atoms with van der Waals surface area (Å²) in [5, 5.41) is 10.8. The van der Waals surface area contributed by atoms with Crippen molar-refractivity contribution in [1.82, 2.24) is 29.8 Å². The van der Waals surface area contributed by atoms with Gasteiger partial charge in [-0.2, -0.15) is 15.4 Å². The molecule has 154 valence electrons. The van der Waals surface area contributed by atoms with Crippen molar-refractivity contribution in [2.24, 2.45) is 5.92 Å². The molecule has 3 aromatic rings. The molecule has 2 amide bonds. The number of aromatic amines is 1. The van der Waals surface area contributed by atoms with E-state index in [1.54, 1.807) is 47.8 Å². The van der Waals surface area contributed by atoms with Crippen molar-refractivity contribution in [3.63, 3.8) is 0 Å². The summed E-state index contributed by atoms with van der Waals surface area (Å²) >= 11 is 0. The van der Waals surface area contributed by atoms with E-state index < -0.39 is 6.04 Å². The molecule has 2 aromatic heterocycles. The normalized spacial score (nSPS) is 22.6. The Hall–Kier alpha value is -3.49. The molecule has 1 aromatic carbocycles. The molecule has 9 nitrogen and oxygen atoms in total. The van der Waals surface area contributed by atoms with Crippen LogP contribution >= 0.6 is 0 Å². The van der Waals surface area contributed by atoms with Crippen molar-refractivity contribution in [3.05, 3.63) is 58.0 Å². The first-order valence-corrected chi connectivity index (χ1v) is 9.97. The second kappa shape index (κ2) is 6.79. The molecule has 0 spiro atoms. The van der Waals surface area contributed by atoms with Crippen LogP contribution in [0, 0.1) is 5.92 Å². The number of rotatable bonds is 2. The van der Waals surface area contributed by atoms with Crippen molar-refractivity contribution >= 4 is 22.8 Å². The Kier molecular flexibility index (Phi) is 4.19. The number of hydrogen-bond acceptors (Lipinski definition) is 5. The van der Waals surface area contributed by atoms with Gasteiger partial charge in [-0.25, -0.2) is 0 Å².